The van der Waals surface area contributed by atoms with Crippen LogP contribution in [-0.2, 0) is 11.2 Å². The van der Waals surface area contributed by atoms with E-state index in [1.807, 2.05) is 29.6 Å². The van der Waals surface area contributed by atoms with Crippen LogP contribution in [0.3, 0.4) is 0 Å². The van der Waals surface area contributed by atoms with Gasteiger partial charge in [0.1, 0.15) is 0 Å². The van der Waals surface area contributed by atoms with E-state index in [-0.39, 0.29) is 5.91 Å². The van der Waals surface area contributed by atoms with Crippen molar-refractivity contribution in [2.45, 2.75) is 66.2 Å². The van der Waals surface area contributed by atoms with E-state index >= 15 is 0 Å². The molecule has 1 aromatic heterocycles. The molecule has 0 bridgehead atoms. The molecule has 10 nitrogen and oxygen atoms in total. The first-order valence-electron chi connectivity index (χ1n) is 11.2. The number of carbonyl (C=O) groups is 3. The van der Waals surface area contributed by atoms with Gasteiger partial charge in [-0.25, -0.2) is 14.6 Å². The lowest BCUT2D eigenvalue weighted by Gasteiger charge is -2.55. The Morgan fingerprint density at radius 2 is 1.63 bits per heavy atom. The molecule has 1 atom stereocenters. The minimum atomic E-state index is -1.58. The van der Waals surface area contributed by atoms with Crippen LogP contribution in [0.25, 0.3) is 11.3 Å². The fourth-order valence-electron chi connectivity index (χ4n) is 3.90. The molecule has 0 aliphatic heterocycles. The molecule has 1 unspecified atom stereocenters. The first kappa shape index (κ1) is 28.1. The number of hydrogen-bond acceptors (Lipinski definition) is 6. The third-order valence-corrected chi connectivity index (χ3v) is 6.16. The average molecular weight is 506 g/mol. The summed E-state index contributed by atoms with van der Waals surface area (Å²) in [6, 6.07) is 7.73. The van der Waals surface area contributed by atoms with Crippen molar-refractivity contribution in [1.29, 1.82) is 0 Å². The second-order valence-corrected chi connectivity index (χ2v) is 11.1. The van der Waals surface area contributed by atoms with E-state index in [2.05, 4.69) is 20.9 Å². The highest BCUT2D eigenvalue weighted by atomic mass is 32.1. The van der Waals surface area contributed by atoms with Gasteiger partial charge in [-0.3, -0.25) is 20.3 Å². The number of anilines is 1. The lowest BCUT2D eigenvalue weighted by Crippen LogP contribution is -2.79. The number of carboxylic acid groups (broad SMARTS) is 2. The molecular formula is C24H35N5O5S. The van der Waals surface area contributed by atoms with Gasteiger partial charge in [-0.15, -0.1) is 11.3 Å². The van der Waals surface area contributed by atoms with Crippen LogP contribution in [0.1, 0.15) is 54.0 Å². The number of nitrogens with zero attached hydrogens (tertiary/aromatic N) is 2. The number of amides is 3. The molecule has 3 amide bonds. The van der Waals surface area contributed by atoms with E-state index in [1.54, 1.807) is 41.5 Å². The number of rotatable bonds is 8. The van der Waals surface area contributed by atoms with Crippen LogP contribution in [0, 0.1) is 5.41 Å². The van der Waals surface area contributed by atoms with E-state index in [0.29, 0.717) is 18.1 Å². The highest BCUT2D eigenvalue weighted by Crippen LogP contribution is 2.36. The second kappa shape index (κ2) is 10.6. The lowest BCUT2D eigenvalue weighted by atomic mass is 9.82. The molecule has 1 aromatic carbocycles. The topological polar surface area (TPSA) is 144 Å². The molecule has 0 spiro atoms. The first-order valence-corrected chi connectivity index (χ1v) is 12.1. The zero-order chi connectivity index (χ0) is 26.6. The number of aromatic nitrogens is 1. The average Bonchev–Trinajstić information content (AvgIpc) is 3.13. The van der Waals surface area contributed by atoms with Crippen LogP contribution in [0.4, 0.5) is 14.7 Å². The summed E-state index contributed by atoms with van der Waals surface area (Å²) in [4.78, 5) is 40.8. The first-order chi connectivity index (χ1) is 16.1. The van der Waals surface area contributed by atoms with Gasteiger partial charge < -0.3 is 15.5 Å². The van der Waals surface area contributed by atoms with Gasteiger partial charge in [0, 0.05) is 35.4 Å². The van der Waals surface area contributed by atoms with Crippen LogP contribution in [0.2, 0.25) is 0 Å². The fourth-order valence-corrected chi connectivity index (χ4v) is 4.67. The van der Waals surface area contributed by atoms with Crippen molar-refractivity contribution in [3.05, 3.63) is 35.2 Å². The van der Waals surface area contributed by atoms with E-state index in [0.717, 1.165) is 21.7 Å². The Balaban J connectivity index is 2.24. The molecule has 5 N–H and O–H groups in total. The van der Waals surface area contributed by atoms with Crippen LogP contribution < -0.4 is 16.0 Å². The third kappa shape index (κ3) is 6.92. The normalized spacial score (nSPS) is 13.6. The van der Waals surface area contributed by atoms with Gasteiger partial charge >= 0.3 is 12.2 Å². The van der Waals surface area contributed by atoms with Crippen LogP contribution in [0.5, 0.6) is 0 Å². The summed E-state index contributed by atoms with van der Waals surface area (Å²) >= 11 is 1.35. The Hall–Kier alpha value is -3.18. The van der Waals surface area contributed by atoms with Gasteiger partial charge in [0.05, 0.1) is 5.69 Å². The molecule has 0 saturated heterocycles. The Morgan fingerprint density at radius 3 is 2.09 bits per heavy atom. The number of hydrogen-bond donors (Lipinski definition) is 5. The standard InChI is InChI=1S/C24H35N5O5S/c1-15(30)26-19-27-18(14-35-19)17-10-8-16(9-11-17)12-13-25-24(22(2,3)4,28-20(31)32)29(21(33)34)23(5,6)7/h8-11,14,25,28H,12-13H2,1-7H3,(H,31,32)(H,33,34)(H,26,27,30). The lowest BCUT2D eigenvalue weighted by molar-refractivity contribution is -0.114. The SMILES string of the molecule is CC(=O)Nc1nc(-c2ccc(CCNC(NC(=O)O)(N(C(=O)O)C(C)(C)C)C(C)(C)C)cc2)cs1. The molecule has 2 rings (SSSR count). The zero-order valence-electron chi connectivity index (χ0n) is 21.2. The molecule has 11 heteroatoms. The van der Waals surface area contributed by atoms with Crippen molar-refractivity contribution in [3.63, 3.8) is 0 Å². The van der Waals surface area contributed by atoms with Gasteiger partial charge in [0.15, 0.2) is 10.9 Å². The van der Waals surface area contributed by atoms with Crippen molar-refractivity contribution >= 4 is 34.6 Å². The molecule has 0 saturated carbocycles. The summed E-state index contributed by atoms with van der Waals surface area (Å²) in [6.45, 7) is 12.3. The predicted octanol–water partition coefficient (Wildman–Crippen LogP) is 4.65. The highest BCUT2D eigenvalue weighted by Gasteiger charge is 2.54. The van der Waals surface area contributed by atoms with Gasteiger partial charge in [-0.2, -0.15) is 0 Å². The summed E-state index contributed by atoms with van der Waals surface area (Å²) in [5, 5.41) is 30.4. The second-order valence-electron chi connectivity index (χ2n) is 10.3. The maximum atomic E-state index is 12.3. The molecule has 2 aromatic rings. The number of benzene rings is 1. The maximum absolute atomic E-state index is 12.3. The number of carbonyl (C=O) groups excluding carboxylic acids is 1. The Kier molecular flexibility index (Phi) is 8.51. The Morgan fingerprint density at radius 1 is 1.03 bits per heavy atom. The Bertz CT molecular complexity index is 1060. The molecule has 0 aliphatic carbocycles. The molecule has 1 heterocycles. The highest BCUT2D eigenvalue weighted by molar-refractivity contribution is 7.14. The number of thiazole rings is 1. The number of nitrogens with one attached hydrogen (secondary N) is 3. The molecule has 0 fully saturated rings. The minimum Gasteiger partial charge on any atom is -0.465 e. The van der Waals surface area contributed by atoms with Crippen molar-refractivity contribution in [1.82, 2.24) is 20.5 Å². The van der Waals surface area contributed by atoms with E-state index < -0.39 is 28.9 Å². The van der Waals surface area contributed by atoms with Crippen LogP contribution in [0.15, 0.2) is 29.6 Å². The van der Waals surface area contributed by atoms with Gasteiger partial charge in [-0.05, 0) is 32.8 Å². The van der Waals surface area contributed by atoms with Gasteiger partial charge in [-0.1, -0.05) is 45.0 Å². The molecule has 0 radical (unpaired) electrons. The van der Waals surface area contributed by atoms with E-state index in [4.69, 9.17) is 0 Å². The van der Waals surface area contributed by atoms with Crippen molar-refractivity contribution < 1.29 is 24.6 Å². The summed E-state index contributed by atoms with van der Waals surface area (Å²) in [7, 11) is 0. The third-order valence-electron chi connectivity index (χ3n) is 5.40. The quantitative estimate of drug-likeness (QED) is 0.329. The minimum absolute atomic E-state index is 0.176. The Labute approximate surface area is 209 Å². The van der Waals surface area contributed by atoms with E-state index in [1.165, 1.54) is 18.3 Å². The van der Waals surface area contributed by atoms with Crippen molar-refractivity contribution in [2.75, 3.05) is 11.9 Å². The summed E-state index contributed by atoms with van der Waals surface area (Å²) < 4.78 is 0. The zero-order valence-corrected chi connectivity index (χ0v) is 22.0. The molecule has 35 heavy (non-hydrogen) atoms. The van der Waals surface area contributed by atoms with Crippen LogP contribution >= 0.6 is 11.3 Å². The van der Waals surface area contributed by atoms with Gasteiger partial charge in [0.25, 0.3) is 0 Å². The fraction of sp³-hybridized carbons (Fsp3) is 0.500. The van der Waals surface area contributed by atoms with E-state index in [9.17, 15) is 24.6 Å². The van der Waals surface area contributed by atoms with Crippen molar-refractivity contribution in [3.8, 4) is 11.3 Å². The maximum Gasteiger partial charge on any atom is 0.410 e. The molecular weight excluding hydrogens is 470 g/mol. The summed E-state index contributed by atoms with van der Waals surface area (Å²) in [5.74, 6) is -1.76. The largest absolute Gasteiger partial charge is 0.465 e. The summed E-state index contributed by atoms with van der Waals surface area (Å²) in [6.07, 6.45) is -2.03. The monoisotopic (exact) mass is 505 g/mol. The van der Waals surface area contributed by atoms with Crippen molar-refractivity contribution in [2.24, 2.45) is 5.41 Å². The predicted molar refractivity (Wildman–Crippen MR) is 137 cm³/mol. The molecule has 0 aliphatic rings. The van der Waals surface area contributed by atoms with Crippen LogP contribution in [-0.4, -0.2) is 56.1 Å². The molecule has 192 valence electrons. The smallest absolute Gasteiger partial charge is 0.410 e. The summed E-state index contributed by atoms with van der Waals surface area (Å²) in [5.41, 5.74) is 0.921. The van der Waals surface area contributed by atoms with Gasteiger partial charge in [0.2, 0.25) is 5.91 Å².